The molecule has 37 heavy (non-hydrogen) atoms. The second kappa shape index (κ2) is 9.72. The first-order valence-electron chi connectivity index (χ1n) is 12.0. The molecule has 2 aromatic heterocycles. The molecule has 4 aromatic rings. The number of fused-ring (bicyclic) bond motifs is 4. The summed E-state index contributed by atoms with van der Waals surface area (Å²) in [6, 6.07) is 9.23. The van der Waals surface area contributed by atoms with Crippen LogP contribution in [0.3, 0.4) is 0 Å². The molecule has 2 aliphatic rings. The summed E-state index contributed by atoms with van der Waals surface area (Å²) in [7, 11) is 1.60. The van der Waals surface area contributed by atoms with E-state index in [9.17, 15) is 9.59 Å². The summed E-state index contributed by atoms with van der Waals surface area (Å²) >= 11 is 6.16. The summed E-state index contributed by atoms with van der Waals surface area (Å²) in [5.41, 5.74) is 3.97. The van der Waals surface area contributed by atoms with Crippen molar-refractivity contribution in [1.29, 1.82) is 0 Å². The summed E-state index contributed by atoms with van der Waals surface area (Å²) in [6.07, 6.45) is 2.29. The van der Waals surface area contributed by atoms with Crippen LogP contribution in [0.5, 0.6) is 0 Å². The third-order valence-electron chi connectivity index (χ3n) is 7.43. The van der Waals surface area contributed by atoms with E-state index in [0.29, 0.717) is 35.9 Å². The van der Waals surface area contributed by atoms with Crippen LogP contribution in [-0.2, 0) is 27.9 Å². The zero-order valence-corrected chi connectivity index (χ0v) is 22.1. The fourth-order valence-electron chi connectivity index (χ4n) is 5.39. The van der Waals surface area contributed by atoms with Gasteiger partial charge in [-0.25, -0.2) is 0 Å². The van der Waals surface area contributed by atoms with Crippen LogP contribution in [0.1, 0.15) is 47.1 Å². The van der Waals surface area contributed by atoms with Gasteiger partial charge in [0.1, 0.15) is 5.82 Å². The average molecular weight is 544 g/mol. The zero-order chi connectivity index (χ0) is 25.0. The number of hydrogen-bond donors (Lipinski definition) is 1. The van der Waals surface area contributed by atoms with Crippen molar-refractivity contribution in [2.75, 3.05) is 31.8 Å². The van der Waals surface area contributed by atoms with Crippen LogP contribution in [0, 0.1) is 0 Å². The quantitative estimate of drug-likeness (QED) is 0.416. The van der Waals surface area contributed by atoms with E-state index in [2.05, 4.69) is 22.1 Å². The van der Waals surface area contributed by atoms with E-state index in [1.54, 1.807) is 24.1 Å². The van der Waals surface area contributed by atoms with Gasteiger partial charge in [0.2, 0.25) is 5.65 Å². The number of aromatic amines is 1. The van der Waals surface area contributed by atoms with Gasteiger partial charge in [-0.15, -0.1) is 22.6 Å². The molecule has 9 nitrogen and oxygen atoms in total. The third kappa shape index (κ3) is 4.20. The molecule has 4 heterocycles. The third-order valence-corrected chi connectivity index (χ3v) is 7.66. The van der Waals surface area contributed by atoms with Crippen molar-refractivity contribution in [2.24, 2.45) is 0 Å². The Hall–Kier alpha value is -2.98. The molecular weight excluding hydrogens is 517 g/mol. The van der Waals surface area contributed by atoms with Gasteiger partial charge in [0.15, 0.2) is 0 Å². The van der Waals surface area contributed by atoms with Crippen molar-refractivity contribution in [2.45, 2.75) is 38.2 Å². The highest BCUT2D eigenvalue weighted by Crippen LogP contribution is 2.35. The average Bonchev–Trinajstić information content (AvgIpc) is 3.50. The van der Waals surface area contributed by atoms with Crippen LogP contribution in [0.25, 0.3) is 16.7 Å². The Morgan fingerprint density at radius 3 is 2.76 bits per heavy atom. The fourth-order valence-corrected chi connectivity index (χ4v) is 5.59. The lowest BCUT2D eigenvalue weighted by molar-refractivity contribution is 0.0533. The van der Waals surface area contributed by atoms with E-state index in [4.69, 9.17) is 21.1 Å². The number of aromatic nitrogens is 4. The molecule has 0 aliphatic carbocycles. The normalized spacial score (nSPS) is 16.7. The Balaban J connectivity index is 0.00000280. The second-order valence-electron chi connectivity index (χ2n) is 9.75. The maximum absolute atomic E-state index is 13.8. The number of rotatable bonds is 4. The van der Waals surface area contributed by atoms with Crippen molar-refractivity contribution in [1.82, 2.24) is 19.6 Å². The Bertz CT molecular complexity index is 1580. The van der Waals surface area contributed by atoms with Crippen LogP contribution in [0.2, 0.25) is 5.02 Å². The number of hydrogen-bond acceptors (Lipinski definition) is 6. The lowest BCUT2D eigenvalue weighted by Gasteiger charge is -2.32. The first-order chi connectivity index (χ1) is 17.4. The Morgan fingerprint density at radius 1 is 1.22 bits per heavy atom. The van der Waals surface area contributed by atoms with Crippen molar-refractivity contribution in [3.05, 3.63) is 68.2 Å². The molecule has 6 rings (SSSR count). The standard InChI is InChI=1S/C26H26ClN5O4.ClH/c1-26(6-9-36-10-7-26)25-30-29-22-23(33)28-19-13-18(16(14-35-2)12-21(19)32(22)25)24(34)31-8-5-15-11-17(27)3-4-20(15)31;/h3-4,11-13H,5-10,14H2,1-2H3,(H,28,33);1H. The molecule has 0 bridgehead atoms. The van der Waals surface area contributed by atoms with E-state index in [-0.39, 0.29) is 41.5 Å². The lowest BCUT2D eigenvalue weighted by Crippen LogP contribution is -2.33. The van der Waals surface area contributed by atoms with E-state index in [1.165, 1.54) is 0 Å². The first-order valence-corrected chi connectivity index (χ1v) is 12.4. The molecule has 1 saturated heterocycles. The minimum Gasteiger partial charge on any atom is -0.381 e. The summed E-state index contributed by atoms with van der Waals surface area (Å²) in [5.74, 6) is 0.580. The van der Waals surface area contributed by atoms with E-state index >= 15 is 0 Å². The summed E-state index contributed by atoms with van der Waals surface area (Å²) in [6.45, 7) is 4.18. The summed E-state index contributed by atoms with van der Waals surface area (Å²) < 4.78 is 12.9. The van der Waals surface area contributed by atoms with Gasteiger partial charge in [-0.3, -0.25) is 14.0 Å². The number of H-pyrrole nitrogens is 1. The van der Waals surface area contributed by atoms with Gasteiger partial charge < -0.3 is 19.4 Å². The highest BCUT2D eigenvalue weighted by molar-refractivity contribution is 6.30. The predicted octanol–water partition coefficient (Wildman–Crippen LogP) is 4.06. The number of carbonyl (C=O) groups is 1. The van der Waals surface area contributed by atoms with Crippen molar-refractivity contribution in [3.63, 3.8) is 0 Å². The minimum absolute atomic E-state index is 0. The SMILES string of the molecule is COCc1cc2c(cc1C(=O)N1CCc3cc(Cl)ccc31)[nH]c(=O)c1nnc(C3(C)CCOCC3)n12.Cl. The second-order valence-corrected chi connectivity index (χ2v) is 10.2. The van der Waals surface area contributed by atoms with Gasteiger partial charge in [-0.05, 0) is 60.7 Å². The van der Waals surface area contributed by atoms with Gasteiger partial charge in [0.25, 0.3) is 11.5 Å². The maximum atomic E-state index is 13.8. The van der Waals surface area contributed by atoms with Crippen molar-refractivity contribution < 1.29 is 14.3 Å². The first kappa shape index (κ1) is 25.7. The number of carbonyl (C=O) groups excluding carboxylic acids is 1. The molecule has 1 N–H and O–H groups in total. The van der Waals surface area contributed by atoms with Crippen LogP contribution >= 0.6 is 24.0 Å². The van der Waals surface area contributed by atoms with E-state index in [0.717, 1.165) is 47.4 Å². The predicted molar refractivity (Wildman–Crippen MR) is 143 cm³/mol. The lowest BCUT2D eigenvalue weighted by atomic mass is 9.81. The molecule has 194 valence electrons. The van der Waals surface area contributed by atoms with Crippen molar-refractivity contribution >= 4 is 52.3 Å². The zero-order valence-electron chi connectivity index (χ0n) is 20.5. The molecule has 0 spiro atoms. The highest BCUT2D eigenvalue weighted by atomic mass is 35.5. The van der Waals surface area contributed by atoms with Crippen LogP contribution in [0.4, 0.5) is 5.69 Å². The summed E-state index contributed by atoms with van der Waals surface area (Å²) in [4.78, 5) is 31.5. The number of nitrogens with one attached hydrogen (secondary N) is 1. The number of amides is 1. The van der Waals surface area contributed by atoms with Gasteiger partial charge in [0, 0.05) is 48.6 Å². The van der Waals surface area contributed by atoms with Crippen LogP contribution in [0.15, 0.2) is 35.1 Å². The Morgan fingerprint density at radius 2 is 2.00 bits per heavy atom. The van der Waals surface area contributed by atoms with Gasteiger partial charge in [-0.2, -0.15) is 0 Å². The molecule has 0 radical (unpaired) electrons. The molecule has 0 atom stereocenters. The highest BCUT2D eigenvalue weighted by Gasteiger charge is 2.35. The number of methoxy groups -OCH3 is 1. The Labute approximate surface area is 224 Å². The molecule has 2 aromatic carbocycles. The Kier molecular flexibility index (Phi) is 6.74. The molecule has 1 amide bonds. The molecular formula is C26H27Cl2N5O4. The smallest absolute Gasteiger partial charge is 0.294 e. The molecule has 2 aliphatic heterocycles. The molecule has 11 heteroatoms. The van der Waals surface area contributed by atoms with Gasteiger partial charge in [-0.1, -0.05) is 18.5 Å². The maximum Gasteiger partial charge on any atom is 0.294 e. The van der Waals surface area contributed by atoms with Crippen molar-refractivity contribution in [3.8, 4) is 0 Å². The minimum atomic E-state index is -0.351. The fraction of sp³-hybridized carbons (Fsp3) is 0.385. The largest absolute Gasteiger partial charge is 0.381 e. The van der Waals surface area contributed by atoms with Crippen LogP contribution in [-0.4, -0.2) is 52.4 Å². The van der Waals surface area contributed by atoms with E-state index in [1.807, 2.05) is 22.6 Å². The number of benzene rings is 2. The number of ether oxygens (including phenoxy) is 2. The number of halogens is 2. The number of anilines is 1. The van der Waals surface area contributed by atoms with Gasteiger partial charge in [0.05, 0.1) is 17.6 Å². The molecule has 0 unspecified atom stereocenters. The van der Waals surface area contributed by atoms with E-state index < -0.39 is 0 Å². The topological polar surface area (TPSA) is 102 Å². The molecule has 1 fully saturated rings. The monoisotopic (exact) mass is 543 g/mol. The van der Waals surface area contributed by atoms with Gasteiger partial charge >= 0.3 is 0 Å². The van der Waals surface area contributed by atoms with Crippen LogP contribution < -0.4 is 10.5 Å². The molecule has 0 saturated carbocycles. The summed E-state index contributed by atoms with van der Waals surface area (Å²) in [5, 5.41) is 9.33. The number of nitrogens with zero attached hydrogens (tertiary/aromatic N) is 4.